The Hall–Kier alpha value is -2.91. The van der Waals surface area contributed by atoms with Gasteiger partial charge < -0.3 is 43.2 Å². The Bertz CT molecular complexity index is 779. The number of nitrogens with one attached hydrogen (secondary N) is 3. The van der Waals surface area contributed by atoms with Gasteiger partial charge >= 0.3 is 0 Å². The second-order valence-corrected chi connectivity index (χ2v) is 7.99. The topological polar surface area (TPSA) is 240 Å². The van der Waals surface area contributed by atoms with Crippen LogP contribution in [-0.4, -0.2) is 94.6 Å². The standard InChI is InChI=1S/C18H31N7O7S/c1-8(26)14(17(31)22-6-13(21)28)24-16(30)11-3-2-4-25(11)18(32)10(7-33)23-15(29)9(19)5-12(20)27/h8-11,14,26,33H,2-7,19H2,1H3,(H2,20,27)(H2,21,28)(H,22,31)(H,23,29)(H,24,30)/t8-,9+,10+,11+,14+/m1/s1. The van der Waals surface area contributed by atoms with Crippen molar-refractivity contribution < 1.29 is 33.9 Å². The molecule has 1 rings (SSSR count). The Morgan fingerprint density at radius 3 is 2.24 bits per heavy atom. The van der Waals surface area contributed by atoms with E-state index in [1.807, 2.05) is 0 Å². The van der Waals surface area contributed by atoms with Crippen LogP contribution in [0, 0.1) is 0 Å². The normalized spacial score (nSPS) is 19.0. The number of nitrogens with zero attached hydrogens (tertiary/aromatic N) is 1. The number of amides is 6. The number of likely N-dealkylation sites (tertiary alicyclic amines) is 1. The average molecular weight is 490 g/mol. The van der Waals surface area contributed by atoms with E-state index in [-0.39, 0.29) is 18.7 Å². The van der Waals surface area contributed by atoms with Gasteiger partial charge in [0, 0.05) is 12.3 Å². The number of carbonyl (C=O) groups is 6. The van der Waals surface area contributed by atoms with Crippen molar-refractivity contribution in [1.82, 2.24) is 20.9 Å². The van der Waals surface area contributed by atoms with Crippen LogP contribution >= 0.6 is 12.6 Å². The first kappa shape index (κ1) is 28.1. The Kier molecular flexibility index (Phi) is 11.0. The van der Waals surface area contributed by atoms with Crippen LogP contribution in [0.15, 0.2) is 0 Å². The maximum atomic E-state index is 13.0. The van der Waals surface area contributed by atoms with Crippen molar-refractivity contribution >= 4 is 48.1 Å². The number of aliphatic hydroxyl groups excluding tert-OH is 1. The molecule has 33 heavy (non-hydrogen) atoms. The Balaban J connectivity index is 2.86. The third kappa shape index (κ3) is 8.51. The van der Waals surface area contributed by atoms with Crippen molar-refractivity contribution in [1.29, 1.82) is 0 Å². The fraction of sp³-hybridized carbons (Fsp3) is 0.667. The highest BCUT2D eigenvalue weighted by molar-refractivity contribution is 7.80. The molecule has 1 fully saturated rings. The summed E-state index contributed by atoms with van der Waals surface area (Å²) in [5.74, 6) is -4.59. The van der Waals surface area contributed by atoms with Gasteiger partial charge in [0.05, 0.1) is 25.1 Å². The van der Waals surface area contributed by atoms with Gasteiger partial charge in [-0.05, 0) is 19.8 Å². The molecule has 0 aromatic carbocycles. The first-order valence-corrected chi connectivity index (χ1v) is 10.8. The molecule has 0 spiro atoms. The Labute approximate surface area is 195 Å². The maximum Gasteiger partial charge on any atom is 0.246 e. The first-order chi connectivity index (χ1) is 15.4. The van der Waals surface area contributed by atoms with Crippen LogP contribution in [0.2, 0.25) is 0 Å². The van der Waals surface area contributed by atoms with Gasteiger partial charge in [-0.3, -0.25) is 28.8 Å². The third-order valence-electron chi connectivity index (χ3n) is 4.89. The van der Waals surface area contributed by atoms with Gasteiger partial charge in [0.15, 0.2) is 0 Å². The number of hydrogen-bond donors (Lipinski definition) is 8. The molecule has 0 aromatic rings. The first-order valence-electron chi connectivity index (χ1n) is 10.2. The van der Waals surface area contributed by atoms with Crippen molar-refractivity contribution in [2.45, 2.75) is 56.5 Å². The zero-order valence-electron chi connectivity index (χ0n) is 18.2. The van der Waals surface area contributed by atoms with Crippen molar-refractivity contribution in [3.05, 3.63) is 0 Å². The van der Waals surface area contributed by atoms with Gasteiger partial charge in [-0.15, -0.1) is 0 Å². The van der Waals surface area contributed by atoms with E-state index in [1.165, 1.54) is 11.8 Å². The Morgan fingerprint density at radius 1 is 1.09 bits per heavy atom. The van der Waals surface area contributed by atoms with E-state index in [4.69, 9.17) is 17.2 Å². The molecule has 15 heteroatoms. The van der Waals surface area contributed by atoms with E-state index in [9.17, 15) is 33.9 Å². The minimum atomic E-state index is -1.39. The second kappa shape index (κ2) is 13.0. The van der Waals surface area contributed by atoms with Gasteiger partial charge in [0.2, 0.25) is 35.4 Å². The smallest absolute Gasteiger partial charge is 0.246 e. The summed E-state index contributed by atoms with van der Waals surface area (Å²) in [5.41, 5.74) is 15.6. The van der Waals surface area contributed by atoms with E-state index in [1.54, 1.807) is 0 Å². The van der Waals surface area contributed by atoms with Crippen LogP contribution in [0.3, 0.4) is 0 Å². The zero-order valence-corrected chi connectivity index (χ0v) is 19.0. The summed E-state index contributed by atoms with van der Waals surface area (Å²) >= 11 is 4.07. The van der Waals surface area contributed by atoms with Gasteiger partial charge in [-0.1, -0.05) is 0 Å². The summed E-state index contributed by atoms with van der Waals surface area (Å²) in [4.78, 5) is 73.2. The van der Waals surface area contributed by atoms with Crippen molar-refractivity contribution in [3.63, 3.8) is 0 Å². The Morgan fingerprint density at radius 2 is 1.73 bits per heavy atom. The highest BCUT2D eigenvalue weighted by Crippen LogP contribution is 2.19. The molecule has 6 amide bonds. The second-order valence-electron chi connectivity index (χ2n) is 7.62. The molecule has 1 saturated heterocycles. The predicted octanol–water partition coefficient (Wildman–Crippen LogP) is -4.94. The lowest BCUT2D eigenvalue weighted by Crippen LogP contribution is -2.59. The number of rotatable bonds is 12. The van der Waals surface area contributed by atoms with Crippen LogP contribution in [0.1, 0.15) is 26.2 Å². The number of primary amides is 2. The van der Waals surface area contributed by atoms with Gasteiger partial charge in [-0.2, -0.15) is 12.6 Å². The van der Waals surface area contributed by atoms with Crippen molar-refractivity contribution in [2.24, 2.45) is 17.2 Å². The summed E-state index contributed by atoms with van der Waals surface area (Å²) in [5, 5.41) is 16.8. The summed E-state index contributed by atoms with van der Waals surface area (Å²) < 4.78 is 0. The zero-order chi connectivity index (χ0) is 25.3. The lowest BCUT2D eigenvalue weighted by molar-refractivity contribution is -0.142. The summed E-state index contributed by atoms with van der Waals surface area (Å²) in [6, 6.07) is -4.73. The molecule has 0 aromatic heterocycles. The van der Waals surface area contributed by atoms with Gasteiger partial charge in [0.1, 0.15) is 18.1 Å². The van der Waals surface area contributed by atoms with E-state index >= 15 is 0 Å². The minimum Gasteiger partial charge on any atom is -0.391 e. The van der Waals surface area contributed by atoms with Crippen LogP contribution < -0.4 is 33.2 Å². The lowest BCUT2D eigenvalue weighted by atomic mass is 10.1. The quantitative estimate of drug-likeness (QED) is 0.123. The maximum absolute atomic E-state index is 13.0. The highest BCUT2D eigenvalue weighted by atomic mass is 32.1. The van der Waals surface area contributed by atoms with E-state index in [2.05, 4.69) is 28.6 Å². The summed E-state index contributed by atoms with van der Waals surface area (Å²) in [7, 11) is 0. The van der Waals surface area contributed by atoms with Crippen LogP contribution in [0.5, 0.6) is 0 Å². The molecule has 1 aliphatic rings. The molecule has 5 atom stereocenters. The number of nitrogens with two attached hydrogens (primary N) is 3. The van der Waals surface area contributed by atoms with Crippen molar-refractivity contribution in [3.8, 4) is 0 Å². The molecular formula is C18H31N7O7S. The molecule has 14 nitrogen and oxygen atoms in total. The minimum absolute atomic E-state index is 0.107. The van der Waals surface area contributed by atoms with Gasteiger partial charge in [0.25, 0.3) is 0 Å². The third-order valence-corrected chi connectivity index (χ3v) is 5.26. The van der Waals surface area contributed by atoms with E-state index in [0.29, 0.717) is 6.42 Å². The van der Waals surface area contributed by atoms with Crippen LogP contribution in [-0.2, 0) is 28.8 Å². The summed E-state index contributed by atoms with van der Waals surface area (Å²) in [6.07, 6.45) is -0.955. The molecule has 0 aliphatic carbocycles. The molecule has 10 N–H and O–H groups in total. The lowest BCUT2D eigenvalue weighted by Gasteiger charge is -2.30. The molecule has 1 aliphatic heterocycles. The molecule has 0 saturated carbocycles. The highest BCUT2D eigenvalue weighted by Gasteiger charge is 2.39. The fourth-order valence-electron chi connectivity index (χ4n) is 3.22. The molecule has 0 radical (unpaired) electrons. The van der Waals surface area contributed by atoms with E-state index in [0.717, 1.165) is 0 Å². The average Bonchev–Trinajstić information content (AvgIpc) is 3.22. The molecule has 186 valence electrons. The number of aliphatic hydroxyl groups is 1. The van der Waals surface area contributed by atoms with Gasteiger partial charge in [-0.25, -0.2) is 0 Å². The molecule has 1 heterocycles. The number of hydrogen-bond acceptors (Lipinski definition) is 9. The van der Waals surface area contributed by atoms with Crippen LogP contribution in [0.4, 0.5) is 0 Å². The molecular weight excluding hydrogens is 458 g/mol. The molecule has 0 unspecified atom stereocenters. The fourth-order valence-corrected chi connectivity index (χ4v) is 3.46. The number of thiol groups is 1. The van der Waals surface area contributed by atoms with Crippen LogP contribution in [0.25, 0.3) is 0 Å². The largest absolute Gasteiger partial charge is 0.391 e. The SMILES string of the molecule is C[C@@H](O)[C@H](NC(=O)[C@@H]1CCCN1C(=O)[C@H](CS)NC(=O)[C@@H](N)CC(N)=O)C(=O)NCC(N)=O. The van der Waals surface area contributed by atoms with Crippen molar-refractivity contribution in [2.75, 3.05) is 18.8 Å². The molecule has 0 bridgehead atoms. The predicted molar refractivity (Wildman–Crippen MR) is 118 cm³/mol. The summed E-state index contributed by atoms with van der Waals surface area (Å²) in [6.45, 7) is 0.999. The number of carbonyl (C=O) groups excluding carboxylic acids is 6. The van der Waals surface area contributed by atoms with E-state index < -0.39 is 78.7 Å². The monoisotopic (exact) mass is 489 g/mol.